The number of fused-ring (bicyclic) bond motifs is 1. The first-order valence-electron chi connectivity index (χ1n) is 7.99. The second-order valence-electron chi connectivity index (χ2n) is 5.80. The lowest BCUT2D eigenvalue weighted by atomic mass is 10.0. The van der Waals surface area contributed by atoms with Crippen molar-refractivity contribution in [1.29, 1.82) is 0 Å². The van der Waals surface area contributed by atoms with Crippen LogP contribution in [0.15, 0.2) is 21.3 Å². The maximum Gasteiger partial charge on any atom is 0.339 e. The van der Waals surface area contributed by atoms with Crippen LogP contribution in [-0.4, -0.2) is 37.2 Å². The average Bonchev–Trinajstić information content (AvgIpc) is 2.60. The van der Waals surface area contributed by atoms with Gasteiger partial charge in [-0.1, -0.05) is 0 Å². The van der Waals surface area contributed by atoms with Crippen molar-refractivity contribution in [3.63, 3.8) is 0 Å². The molecule has 8 heteroatoms. The second kappa shape index (κ2) is 7.90. The van der Waals surface area contributed by atoms with Gasteiger partial charge >= 0.3 is 11.6 Å². The van der Waals surface area contributed by atoms with Crippen molar-refractivity contribution in [3.8, 4) is 11.5 Å². The Morgan fingerprint density at radius 2 is 1.96 bits per heavy atom. The first-order valence-corrected chi connectivity index (χ1v) is 7.99. The molecule has 2 N–H and O–H groups in total. The van der Waals surface area contributed by atoms with E-state index in [2.05, 4.69) is 5.32 Å². The molecule has 0 bridgehead atoms. The van der Waals surface area contributed by atoms with E-state index in [9.17, 15) is 14.4 Å². The lowest BCUT2D eigenvalue weighted by Gasteiger charge is -2.13. The zero-order valence-electron chi connectivity index (χ0n) is 15.0. The minimum atomic E-state index is -1.12. The van der Waals surface area contributed by atoms with Gasteiger partial charge < -0.3 is 24.3 Å². The topological polar surface area (TPSA) is 115 Å². The van der Waals surface area contributed by atoms with Crippen molar-refractivity contribution < 1.29 is 28.6 Å². The third-order valence-electron chi connectivity index (χ3n) is 4.15. The number of carbonyl (C=O) groups excluding carboxylic acids is 1. The molecule has 140 valence electrons. The molecule has 0 radical (unpaired) electrons. The first kappa shape index (κ1) is 19.3. The van der Waals surface area contributed by atoms with Crippen LogP contribution in [0.3, 0.4) is 0 Å². The molecule has 0 spiro atoms. The van der Waals surface area contributed by atoms with Gasteiger partial charge in [0, 0.05) is 17.4 Å². The molecule has 0 saturated heterocycles. The van der Waals surface area contributed by atoms with Gasteiger partial charge in [0.15, 0.2) is 11.3 Å². The van der Waals surface area contributed by atoms with E-state index in [1.54, 1.807) is 19.1 Å². The molecule has 2 rings (SSSR count). The molecule has 1 unspecified atom stereocenters. The van der Waals surface area contributed by atoms with E-state index < -0.39 is 23.5 Å². The predicted octanol–water partition coefficient (Wildman–Crippen LogP) is 1.64. The van der Waals surface area contributed by atoms with Crippen LogP contribution in [0.4, 0.5) is 0 Å². The fourth-order valence-corrected chi connectivity index (χ4v) is 2.67. The summed E-state index contributed by atoms with van der Waals surface area (Å²) < 4.78 is 15.9. The zero-order valence-corrected chi connectivity index (χ0v) is 15.0. The quantitative estimate of drug-likeness (QED) is 0.719. The summed E-state index contributed by atoms with van der Waals surface area (Å²) in [7, 11) is 2.94. The largest absolute Gasteiger partial charge is 0.493 e. The van der Waals surface area contributed by atoms with Gasteiger partial charge in [-0.05, 0) is 38.0 Å². The van der Waals surface area contributed by atoms with Crippen LogP contribution in [0.1, 0.15) is 24.5 Å². The number of amides is 1. The van der Waals surface area contributed by atoms with Crippen molar-refractivity contribution in [2.24, 2.45) is 0 Å². The number of carboxylic acid groups (broad SMARTS) is 1. The second-order valence-corrected chi connectivity index (χ2v) is 5.80. The number of benzene rings is 1. The van der Waals surface area contributed by atoms with Gasteiger partial charge in [-0.15, -0.1) is 0 Å². The maximum atomic E-state index is 12.4. The number of ether oxygens (including phenoxy) is 2. The minimum absolute atomic E-state index is 0.0258. The lowest BCUT2D eigenvalue weighted by Crippen LogP contribution is -2.38. The summed E-state index contributed by atoms with van der Waals surface area (Å²) in [4.78, 5) is 35.0. The normalized spacial score (nSPS) is 11.8. The number of carboxylic acids is 1. The monoisotopic (exact) mass is 363 g/mol. The molecule has 1 amide bonds. The number of carbonyl (C=O) groups is 2. The molecular formula is C18H21NO7. The Hall–Kier alpha value is -3.03. The molecule has 0 aliphatic carbocycles. The van der Waals surface area contributed by atoms with E-state index in [1.165, 1.54) is 21.1 Å². The van der Waals surface area contributed by atoms with Crippen molar-refractivity contribution in [2.75, 3.05) is 14.2 Å². The molecule has 0 aliphatic heterocycles. The number of aliphatic carboxylic acids is 1. The number of nitrogens with one attached hydrogen (secondary N) is 1. The van der Waals surface area contributed by atoms with E-state index >= 15 is 0 Å². The Morgan fingerprint density at radius 1 is 1.27 bits per heavy atom. The Bertz CT molecular complexity index is 901. The number of methoxy groups -OCH3 is 2. The minimum Gasteiger partial charge on any atom is -0.493 e. The molecule has 1 heterocycles. The summed E-state index contributed by atoms with van der Waals surface area (Å²) in [5.41, 5.74) is 0.752. The summed E-state index contributed by atoms with van der Waals surface area (Å²) in [5, 5.41) is 11.8. The van der Waals surface area contributed by atoms with Gasteiger partial charge in [-0.3, -0.25) is 9.59 Å². The van der Waals surface area contributed by atoms with Crippen molar-refractivity contribution in [1.82, 2.24) is 5.32 Å². The van der Waals surface area contributed by atoms with Gasteiger partial charge in [0.25, 0.3) is 0 Å². The summed E-state index contributed by atoms with van der Waals surface area (Å²) >= 11 is 0. The highest BCUT2D eigenvalue weighted by atomic mass is 16.5. The fraction of sp³-hybridized carbons (Fsp3) is 0.389. The van der Waals surface area contributed by atoms with Crippen LogP contribution < -0.4 is 20.4 Å². The van der Waals surface area contributed by atoms with Crippen LogP contribution in [0.5, 0.6) is 11.5 Å². The number of aryl methyl sites for hydroxylation is 1. The summed E-state index contributed by atoms with van der Waals surface area (Å²) in [6.45, 7) is 3.13. The number of hydrogen-bond donors (Lipinski definition) is 2. The van der Waals surface area contributed by atoms with Crippen LogP contribution in [-0.2, 0) is 16.0 Å². The van der Waals surface area contributed by atoms with Crippen LogP contribution in [0.2, 0.25) is 0 Å². The average molecular weight is 363 g/mol. The van der Waals surface area contributed by atoms with E-state index in [0.29, 0.717) is 28.0 Å². The van der Waals surface area contributed by atoms with Crippen LogP contribution in [0.25, 0.3) is 11.0 Å². The lowest BCUT2D eigenvalue weighted by molar-refractivity contribution is -0.141. The third kappa shape index (κ3) is 3.79. The van der Waals surface area contributed by atoms with E-state index in [4.69, 9.17) is 19.0 Å². The van der Waals surface area contributed by atoms with Crippen molar-refractivity contribution in [3.05, 3.63) is 33.7 Å². The van der Waals surface area contributed by atoms with E-state index in [0.717, 1.165) is 0 Å². The Labute approximate surface area is 149 Å². The zero-order chi connectivity index (χ0) is 19.4. The molecule has 0 aliphatic rings. The first-order chi connectivity index (χ1) is 12.3. The molecule has 1 aromatic heterocycles. The molecule has 1 aromatic carbocycles. The van der Waals surface area contributed by atoms with E-state index in [-0.39, 0.29) is 18.4 Å². The Balaban J connectivity index is 2.34. The molecule has 2 aromatic rings. The number of hydrogen-bond acceptors (Lipinski definition) is 6. The predicted molar refractivity (Wildman–Crippen MR) is 93.9 cm³/mol. The number of rotatable bonds is 7. The van der Waals surface area contributed by atoms with E-state index in [1.807, 2.05) is 0 Å². The molecule has 26 heavy (non-hydrogen) atoms. The molecular weight excluding hydrogens is 342 g/mol. The summed E-state index contributed by atoms with van der Waals surface area (Å²) in [6.07, 6.45) is 0.110. The molecule has 8 nitrogen and oxygen atoms in total. The van der Waals surface area contributed by atoms with Crippen molar-refractivity contribution in [2.45, 2.75) is 32.7 Å². The third-order valence-corrected chi connectivity index (χ3v) is 4.15. The standard InChI is InChI=1S/C18H21NO7/c1-9-11-5-7-13(24-3)16(25-4)15(11)26-18(23)12(9)6-8-14(20)19-10(2)17(21)22/h5,7,10H,6,8H2,1-4H3,(H,19,20)(H,21,22). The highest BCUT2D eigenvalue weighted by Gasteiger charge is 2.19. The van der Waals surface area contributed by atoms with Crippen LogP contribution in [0, 0.1) is 6.92 Å². The molecule has 1 atom stereocenters. The Kier molecular flexibility index (Phi) is 5.86. The van der Waals surface area contributed by atoms with Gasteiger partial charge in [-0.2, -0.15) is 0 Å². The van der Waals surface area contributed by atoms with Crippen molar-refractivity contribution >= 4 is 22.8 Å². The van der Waals surface area contributed by atoms with Gasteiger partial charge in [0.05, 0.1) is 14.2 Å². The smallest absolute Gasteiger partial charge is 0.339 e. The highest BCUT2D eigenvalue weighted by Crippen LogP contribution is 2.36. The molecule has 0 saturated carbocycles. The molecule has 0 fully saturated rings. The van der Waals surface area contributed by atoms with Gasteiger partial charge in [0.1, 0.15) is 6.04 Å². The van der Waals surface area contributed by atoms with Crippen LogP contribution >= 0.6 is 0 Å². The van der Waals surface area contributed by atoms with Gasteiger partial charge in [0.2, 0.25) is 11.7 Å². The summed E-state index contributed by atoms with van der Waals surface area (Å²) in [6, 6.07) is 2.47. The van der Waals surface area contributed by atoms with Gasteiger partial charge in [-0.25, -0.2) is 4.79 Å². The SMILES string of the molecule is COc1ccc2c(C)c(CCC(=O)NC(C)C(=O)O)c(=O)oc2c1OC. The maximum absolute atomic E-state index is 12.4. The summed E-state index contributed by atoms with van der Waals surface area (Å²) in [5.74, 6) is -0.811. The highest BCUT2D eigenvalue weighted by molar-refractivity contribution is 5.89. The Morgan fingerprint density at radius 3 is 2.54 bits per heavy atom. The fourth-order valence-electron chi connectivity index (χ4n) is 2.67.